The average molecular weight is 351 g/mol. The third-order valence-corrected chi connectivity index (χ3v) is 6.03. The number of ether oxygens (including phenoxy) is 1. The summed E-state index contributed by atoms with van der Waals surface area (Å²) < 4.78 is 5.63. The van der Waals surface area contributed by atoms with Gasteiger partial charge in [-0.3, -0.25) is 9.69 Å². The zero-order valence-corrected chi connectivity index (χ0v) is 15.1. The van der Waals surface area contributed by atoms with Crippen LogP contribution in [0.15, 0.2) is 54.6 Å². The van der Waals surface area contributed by atoms with Gasteiger partial charge in [0.2, 0.25) is 0 Å². The summed E-state index contributed by atoms with van der Waals surface area (Å²) >= 11 is 0. The number of aryl methyl sites for hydroxylation is 1. The number of nitrogens with zero attached hydrogens (tertiary/aromatic N) is 1. The SMILES string of the molecule is Cc1ccc(C2(N3CC[C@@H](C(=O)O)[C@H](c4ccccc4)C3)COC2)cc1. The van der Waals surface area contributed by atoms with Crippen LogP contribution < -0.4 is 0 Å². The van der Waals surface area contributed by atoms with E-state index >= 15 is 0 Å². The van der Waals surface area contributed by atoms with Gasteiger partial charge < -0.3 is 9.84 Å². The second-order valence-electron chi connectivity index (χ2n) is 7.59. The van der Waals surface area contributed by atoms with Gasteiger partial charge in [-0.2, -0.15) is 0 Å². The summed E-state index contributed by atoms with van der Waals surface area (Å²) in [4.78, 5) is 14.3. The highest BCUT2D eigenvalue weighted by Gasteiger charge is 2.49. The number of benzene rings is 2. The van der Waals surface area contributed by atoms with E-state index in [0.29, 0.717) is 19.6 Å². The molecule has 4 heteroatoms. The topological polar surface area (TPSA) is 49.8 Å². The highest BCUT2D eigenvalue weighted by Crippen LogP contribution is 2.42. The van der Waals surface area contributed by atoms with Crippen LogP contribution in [0.25, 0.3) is 0 Å². The van der Waals surface area contributed by atoms with Crippen molar-refractivity contribution in [1.82, 2.24) is 4.90 Å². The molecule has 0 bridgehead atoms. The summed E-state index contributed by atoms with van der Waals surface area (Å²) in [5.74, 6) is -1.01. The zero-order valence-electron chi connectivity index (χ0n) is 15.1. The van der Waals surface area contributed by atoms with Crippen LogP contribution in [-0.2, 0) is 15.1 Å². The first-order chi connectivity index (χ1) is 12.6. The minimum atomic E-state index is -0.687. The first-order valence-corrected chi connectivity index (χ1v) is 9.28. The molecule has 2 aliphatic rings. The lowest BCUT2D eigenvalue weighted by Gasteiger charge is -2.53. The van der Waals surface area contributed by atoms with Crippen LogP contribution >= 0.6 is 0 Å². The van der Waals surface area contributed by atoms with Gasteiger partial charge in [-0.05, 0) is 24.5 Å². The molecule has 2 atom stereocenters. The summed E-state index contributed by atoms with van der Waals surface area (Å²) in [5.41, 5.74) is 3.51. The second-order valence-corrected chi connectivity index (χ2v) is 7.59. The lowest BCUT2D eigenvalue weighted by atomic mass is 9.76. The maximum absolute atomic E-state index is 11.8. The maximum atomic E-state index is 11.8. The Hall–Kier alpha value is -2.17. The summed E-state index contributed by atoms with van der Waals surface area (Å²) in [6, 6.07) is 18.8. The van der Waals surface area contributed by atoms with E-state index in [1.165, 1.54) is 11.1 Å². The monoisotopic (exact) mass is 351 g/mol. The molecule has 0 saturated carbocycles. The number of carboxylic acid groups (broad SMARTS) is 1. The number of aliphatic carboxylic acids is 1. The molecular formula is C22H25NO3. The van der Waals surface area contributed by atoms with Crippen molar-refractivity contribution in [1.29, 1.82) is 0 Å². The van der Waals surface area contributed by atoms with E-state index in [2.05, 4.69) is 48.2 Å². The van der Waals surface area contributed by atoms with Crippen LogP contribution in [0, 0.1) is 12.8 Å². The van der Waals surface area contributed by atoms with E-state index in [1.807, 2.05) is 18.2 Å². The molecule has 2 heterocycles. The summed E-state index contributed by atoms with van der Waals surface area (Å²) in [5, 5.41) is 9.73. The molecule has 4 rings (SSSR count). The standard InChI is InChI=1S/C22H25NO3/c1-16-7-9-18(10-8-16)22(14-26-15-22)23-12-11-19(21(24)25)20(13-23)17-5-3-2-4-6-17/h2-10,19-20H,11-15H2,1H3,(H,24,25)/t19-,20+/m1/s1. The molecule has 1 N–H and O–H groups in total. The Morgan fingerprint density at radius 3 is 2.38 bits per heavy atom. The van der Waals surface area contributed by atoms with Gasteiger partial charge in [-0.25, -0.2) is 0 Å². The third kappa shape index (κ3) is 2.93. The molecule has 26 heavy (non-hydrogen) atoms. The lowest BCUT2D eigenvalue weighted by molar-refractivity contribution is -0.164. The van der Waals surface area contributed by atoms with Crippen molar-refractivity contribution in [3.05, 3.63) is 71.3 Å². The van der Waals surface area contributed by atoms with Crippen molar-refractivity contribution in [3.63, 3.8) is 0 Å². The molecule has 2 aliphatic heterocycles. The highest BCUT2D eigenvalue weighted by molar-refractivity contribution is 5.71. The molecule has 0 unspecified atom stereocenters. The zero-order chi connectivity index (χ0) is 18.1. The van der Waals surface area contributed by atoms with E-state index in [9.17, 15) is 9.90 Å². The van der Waals surface area contributed by atoms with Crippen LogP contribution in [0.5, 0.6) is 0 Å². The van der Waals surface area contributed by atoms with E-state index in [1.54, 1.807) is 0 Å². The molecule has 0 aliphatic carbocycles. The van der Waals surface area contributed by atoms with Gasteiger partial charge in [0.05, 0.1) is 24.7 Å². The van der Waals surface area contributed by atoms with E-state index in [0.717, 1.165) is 18.7 Å². The number of likely N-dealkylation sites (tertiary alicyclic amines) is 1. The van der Waals surface area contributed by atoms with Gasteiger partial charge in [0.1, 0.15) is 0 Å². The number of rotatable bonds is 4. The van der Waals surface area contributed by atoms with Crippen LogP contribution in [-0.4, -0.2) is 42.3 Å². The number of carbonyl (C=O) groups is 1. The smallest absolute Gasteiger partial charge is 0.307 e. The van der Waals surface area contributed by atoms with Gasteiger partial charge in [-0.15, -0.1) is 0 Å². The summed E-state index contributed by atoms with van der Waals surface area (Å²) in [6.45, 7) is 4.98. The van der Waals surface area contributed by atoms with Crippen LogP contribution in [0.2, 0.25) is 0 Å². The van der Waals surface area contributed by atoms with Crippen molar-refractivity contribution >= 4 is 5.97 Å². The van der Waals surface area contributed by atoms with Crippen molar-refractivity contribution in [3.8, 4) is 0 Å². The molecule has 2 aromatic rings. The summed E-state index contributed by atoms with van der Waals surface area (Å²) in [6.07, 6.45) is 0.669. The molecule has 0 radical (unpaired) electrons. The largest absolute Gasteiger partial charge is 0.481 e. The van der Waals surface area contributed by atoms with Crippen LogP contribution in [0.1, 0.15) is 29.0 Å². The fourth-order valence-corrected chi connectivity index (χ4v) is 4.37. The maximum Gasteiger partial charge on any atom is 0.307 e. The minimum absolute atomic E-state index is 0.00498. The molecule has 2 aromatic carbocycles. The van der Waals surface area contributed by atoms with E-state index in [-0.39, 0.29) is 17.4 Å². The predicted molar refractivity (Wildman–Crippen MR) is 100 cm³/mol. The Bertz CT molecular complexity index is 768. The van der Waals surface area contributed by atoms with Gasteiger partial charge in [-0.1, -0.05) is 60.2 Å². The normalized spacial score (nSPS) is 25.4. The van der Waals surface area contributed by atoms with Gasteiger partial charge in [0, 0.05) is 19.0 Å². The highest BCUT2D eigenvalue weighted by atomic mass is 16.5. The van der Waals surface area contributed by atoms with Crippen molar-refractivity contribution < 1.29 is 14.6 Å². The van der Waals surface area contributed by atoms with Gasteiger partial charge in [0.15, 0.2) is 0 Å². The number of hydrogen-bond acceptors (Lipinski definition) is 3. The molecular weight excluding hydrogens is 326 g/mol. The Balaban J connectivity index is 1.65. The second kappa shape index (κ2) is 6.86. The van der Waals surface area contributed by atoms with Crippen molar-refractivity contribution in [2.24, 2.45) is 5.92 Å². The van der Waals surface area contributed by atoms with E-state index < -0.39 is 5.97 Å². The van der Waals surface area contributed by atoms with Crippen LogP contribution in [0.4, 0.5) is 0 Å². The molecule has 0 spiro atoms. The Kier molecular flexibility index (Phi) is 4.55. The minimum Gasteiger partial charge on any atom is -0.481 e. The molecule has 4 nitrogen and oxygen atoms in total. The molecule has 0 amide bonds. The Labute approximate surface area is 154 Å². The molecule has 2 fully saturated rings. The van der Waals surface area contributed by atoms with Crippen molar-refractivity contribution in [2.75, 3.05) is 26.3 Å². The summed E-state index contributed by atoms with van der Waals surface area (Å²) in [7, 11) is 0. The van der Waals surface area contributed by atoms with E-state index in [4.69, 9.17) is 4.74 Å². The van der Waals surface area contributed by atoms with Gasteiger partial charge in [0.25, 0.3) is 0 Å². The Morgan fingerprint density at radius 1 is 1.12 bits per heavy atom. The number of carboxylic acids is 1. The predicted octanol–water partition coefficient (Wildman–Crippen LogP) is 3.41. The Morgan fingerprint density at radius 2 is 1.81 bits per heavy atom. The quantitative estimate of drug-likeness (QED) is 0.917. The average Bonchev–Trinajstić information content (AvgIpc) is 2.63. The lowest BCUT2D eigenvalue weighted by Crippen LogP contribution is -2.62. The molecule has 136 valence electrons. The first kappa shape index (κ1) is 17.3. The van der Waals surface area contributed by atoms with Crippen molar-refractivity contribution in [2.45, 2.75) is 24.8 Å². The van der Waals surface area contributed by atoms with Gasteiger partial charge >= 0.3 is 5.97 Å². The molecule has 2 saturated heterocycles. The number of hydrogen-bond donors (Lipinski definition) is 1. The third-order valence-electron chi connectivity index (χ3n) is 6.03. The fourth-order valence-electron chi connectivity index (χ4n) is 4.37. The number of piperidine rings is 1. The van der Waals surface area contributed by atoms with Crippen LogP contribution in [0.3, 0.4) is 0 Å². The first-order valence-electron chi connectivity index (χ1n) is 9.28. The molecule has 0 aromatic heterocycles. The fraction of sp³-hybridized carbons (Fsp3) is 0.409.